The standard InChI is InChI=1S/C35H42N6O2/c36-35(37)39-23-11-21-31(33(42)40-25-29-19-9-18-28-17-7-8-20-30(28)29)41-34(43)32(24-27-14-5-2-6-15-27)38-22-10-16-26-12-3-1-4-13-26/h1-9,12-15,17-20,31-32,38H,10-11,16,21-25H2,(H,40,42)(H,41,43)(H4,36,37,39). The first-order valence-electron chi connectivity index (χ1n) is 14.9. The number of carbonyl (C=O) groups is 2. The zero-order chi connectivity index (χ0) is 30.3. The maximum atomic E-state index is 13.7. The van der Waals surface area contributed by atoms with E-state index >= 15 is 0 Å². The molecule has 2 atom stereocenters. The normalized spacial score (nSPS) is 12.3. The first-order chi connectivity index (χ1) is 21.0. The van der Waals surface area contributed by atoms with Crippen LogP contribution in [0.5, 0.6) is 0 Å². The second-order valence-corrected chi connectivity index (χ2v) is 10.7. The minimum atomic E-state index is -0.735. The van der Waals surface area contributed by atoms with E-state index < -0.39 is 12.1 Å². The molecule has 8 nitrogen and oxygen atoms in total. The van der Waals surface area contributed by atoms with Crippen LogP contribution in [0, 0.1) is 0 Å². The number of carbonyl (C=O) groups excluding carboxylic acids is 2. The van der Waals surface area contributed by atoms with Gasteiger partial charge < -0.3 is 27.4 Å². The van der Waals surface area contributed by atoms with Crippen molar-refractivity contribution in [2.75, 3.05) is 13.1 Å². The maximum absolute atomic E-state index is 13.7. The Bertz CT molecular complexity index is 1470. The smallest absolute Gasteiger partial charge is 0.242 e. The van der Waals surface area contributed by atoms with E-state index in [9.17, 15) is 9.59 Å². The zero-order valence-corrected chi connectivity index (χ0v) is 24.5. The molecular formula is C35H42N6O2. The van der Waals surface area contributed by atoms with Gasteiger partial charge in [-0.15, -0.1) is 0 Å². The largest absolute Gasteiger partial charge is 0.370 e. The fraction of sp³-hybridized carbons (Fsp3) is 0.286. The summed E-state index contributed by atoms with van der Waals surface area (Å²) in [6, 6.07) is 33.1. The molecule has 0 bridgehead atoms. The van der Waals surface area contributed by atoms with E-state index in [4.69, 9.17) is 11.5 Å². The number of aliphatic imine (C=N–C) groups is 1. The number of rotatable bonds is 16. The highest BCUT2D eigenvalue weighted by Gasteiger charge is 2.25. The molecule has 0 aliphatic carbocycles. The SMILES string of the molecule is NC(N)=NCCCC(NC(=O)C(Cc1ccccc1)NCCCc1ccccc1)C(=O)NCc1cccc2ccccc12. The monoisotopic (exact) mass is 578 g/mol. The predicted octanol–water partition coefficient (Wildman–Crippen LogP) is 3.83. The molecule has 2 amide bonds. The lowest BCUT2D eigenvalue weighted by atomic mass is 10.0. The summed E-state index contributed by atoms with van der Waals surface area (Å²) < 4.78 is 0. The number of aryl methyl sites for hydroxylation is 1. The first-order valence-corrected chi connectivity index (χ1v) is 14.9. The summed E-state index contributed by atoms with van der Waals surface area (Å²) in [6.07, 6.45) is 3.25. The Balaban J connectivity index is 1.43. The Kier molecular flexibility index (Phi) is 12.1. The van der Waals surface area contributed by atoms with Crippen LogP contribution in [0.2, 0.25) is 0 Å². The first kappa shape index (κ1) is 31.3. The summed E-state index contributed by atoms with van der Waals surface area (Å²) in [5.41, 5.74) is 14.3. The summed E-state index contributed by atoms with van der Waals surface area (Å²) in [5.74, 6) is -0.451. The van der Waals surface area contributed by atoms with Gasteiger partial charge in [0.25, 0.3) is 0 Å². The van der Waals surface area contributed by atoms with Crippen molar-refractivity contribution in [1.82, 2.24) is 16.0 Å². The van der Waals surface area contributed by atoms with Crippen LogP contribution in [-0.2, 0) is 29.0 Å². The molecule has 0 radical (unpaired) electrons. The van der Waals surface area contributed by atoms with E-state index in [1.54, 1.807) is 0 Å². The third-order valence-electron chi connectivity index (χ3n) is 7.39. The van der Waals surface area contributed by atoms with Crippen LogP contribution in [0.4, 0.5) is 0 Å². The van der Waals surface area contributed by atoms with E-state index in [0.717, 1.165) is 34.7 Å². The fourth-order valence-corrected chi connectivity index (χ4v) is 5.12. The third kappa shape index (κ3) is 10.3. The summed E-state index contributed by atoms with van der Waals surface area (Å²) in [4.78, 5) is 31.2. The second kappa shape index (κ2) is 16.7. The average molecular weight is 579 g/mol. The highest BCUT2D eigenvalue weighted by molar-refractivity contribution is 5.90. The summed E-state index contributed by atoms with van der Waals surface area (Å²) in [7, 11) is 0. The molecular weight excluding hydrogens is 536 g/mol. The number of hydrogen-bond donors (Lipinski definition) is 5. The molecule has 0 heterocycles. The van der Waals surface area contributed by atoms with Crippen molar-refractivity contribution in [1.29, 1.82) is 0 Å². The molecule has 0 aromatic heterocycles. The molecule has 0 spiro atoms. The number of hydrogen-bond acceptors (Lipinski definition) is 4. The summed E-state index contributed by atoms with van der Waals surface area (Å²) in [5, 5.41) is 11.7. The Labute approximate surface area is 254 Å². The van der Waals surface area contributed by atoms with Gasteiger partial charge in [-0.3, -0.25) is 14.6 Å². The Morgan fingerprint density at radius 2 is 1.40 bits per heavy atom. The molecule has 0 saturated carbocycles. The molecule has 4 aromatic carbocycles. The van der Waals surface area contributed by atoms with Crippen molar-refractivity contribution in [3.05, 3.63) is 120 Å². The molecule has 0 saturated heterocycles. The van der Waals surface area contributed by atoms with Crippen LogP contribution in [-0.4, -0.2) is 42.9 Å². The van der Waals surface area contributed by atoms with Gasteiger partial charge in [-0.25, -0.2) is 0 Å². The molecule has 0 fully saturated rings. The van der Waals surface area contributed by atoms with Crippen molar-refractivity contribution in [2.24, 2.45) is 16.5 Å². The third-order valence-corrected chi connectivity index (χ3v) is 7.39. The van der Waals surface area contributed by atoms with Crippen LogP contribution < -0.4 is 27.4 Å². The average Bonchev–Trinajstić information content (AvgIpc) is 3.03. The van der Waals surface area contributed by atoms with Crippen LogP contribution in [0.3, 0.4) is 0 Å². The van der Waals surface area contributed by atoms with Crippen molar-refractivity contribution in [3.63, 3.8) is 0 Å². The lowest BCUT2D eigenvalue weighted by molar-refractivity contribution is -0.130. The van der Waals surface area contributed by atoms with Gasteiger partial charge in [0.1, 0.15) is 6.04 Å². The van der Waals surface area contributed by atoms with E-state index in [-0.39, 0.29) is 17.8 Å². The number of guanidine groups is 1. The maximum Gasteiger partial charge on any atom is 0.242 e. The molecule has 4 rings (SSSR count). The summed E-state index contributed by atoms with van der Waals surface area (Å²) in [6.45, 7) is 1.39. The van der Waals surface area contributed by atoms with Crippen molar-refractivity contribution >= 4 is 28.5 Å². The van der Waals surface area contributed by atoms with Crippen molar-refractivity contribution in [3.8, 4) is 0 Å². The van der Waals surface area contributed by atoms with Crippen LogP contribution in [0.25, 0.3) is 10.8 Å². The molecule has 7 N–H and O–H groups in total. The number of fused-ring (bicyclic) bond motifs is 1. The van der Waals surface area contributed by atoms with Gasteiger partial charge in [-0.05, 0) is 66.1 Å². The van der Waals surface area contributed by atoms with E-state index in [2.05, 4.69) is 33.1 Å². The molecule has 224 valence electrons. The van der Waals surface area contributed by atoms with E-state index in [1.165, 1.54) is 5.56 Å². The Morgan fingerprint density at radius 1 is 0.721 bits per heavy atom. The van der Waals surface area contributed by atoms with Crippen molar-refractivity contribution < 1.29 is 9.59 Å². The lowest BCUT2D eigenvalue weighted by Gasteiger charge is -2.23. The van der Waals surface area contributed by atoms with Gasteiger partial charge in [0.05, 0.1) is 6.04 Å². The minimum absolute atomic E-state index is 0.00335. The number of nitrogens with one attached hydrogen (secondary N) is 3. The molecule has 0 aliphatic heterocycles. The highest BCUT2D eigenvalue weighted by atomic mass is 16.2. The Hall–Kier alpha value is -4.69. The molecule has 43 heavy (non-hydrogen) atoms. The topological polar surface area (TPSA) is 135 Å². The van der Waals surface area contributed by atoms with Gasteiger partial charge in [0.2, 0.25) is 11.8 Å². The number of benzene rings is 4. The van der Waals surface area contributed by atoms with Crippen LogP contribution in [0.15, 0.2) is 108 Å². The zero-order valence-electron chi connectivity index (χ0n) is 24.5. The van der Waals surface area contributed by atoms with Crippen LogP contribution >= 0.6 is 0 Å². The van der Waals surface area contributed by atoms with Gasteiger partial charge in [-0.1, -0.05) is 103 Å². The van der Waals surface area contributed by atoms with Gasteiger partial charge >= 0.3 is 0 Å². The number of nitrogens with zero attached hydrogens (tertiary/aromatic N) is 1. The highest BCUT2D eigenvalue weighted by Crippen LogP contribution is 2.18. The number of amides is 2. The molecule has 4 aromatic rings. The number of nitrogens with two attached hydrogens (primary N) is 2. The van der Waals surface area contributed by atoms with Crippen molar-refractivity contribution in [2.45, 2.75) is 50.7 Å². The molecule has 2 unspecified atom stereocenters. The quantitative estimate of drug-likeness (QED) is 0.0783. The second-order valence-electron chi connectivity index (χ2n) is 10.7. The van der Waals surface area contributed by atoms with Gasteiger partial charge in [-0.2, -0.15) is 0 Å². The van der Waals surface area contributed by atoms with E-state index in [0.29, 0.717) is 38.9 Å². The molecule has 0 aliphatic rings. The fourth-order valence-electron chi connectivity index (χ4n) is 5.12. The molecule has 8 heteroatoms. The Morgan fingerprint density at radius 3 is 2.14 bits per heavy atom. The van der Waals surface area contributed by atoms with Gasteiger partial charge in [0.15, 0.2) is 5.96 Å². The van der Waals surface area contributed by atoms with Gasteiger partial charge in [0, 0.05) is 13.1 Å². The minimum Gasteiger partial charge on any atom is -0.370 e. The van der Waals surface area contributed by atoms with Crippen LogP contribution in [0.1, 0.15) is 36.0 Å². The predicted molar refractivity (Wildman–Crippen MR) is 174 cm³/mol. The lowest BCUT2D eigenvalue weighted by Crippen LogP contribution is -2.53. The van der Waals surface area contributed by atoms with E-state index in [1.807, 2.05) is 91.0 Å². The summed E-state index contributed by atoms with van der Waals surface area (Å²) >= 11 is 0.